The number of fused-ring (bicyclic) bond motifs is 2. The maximum atomic E-state index is 12.1. The molecule has 0 aromatic rings. The van der Waals surface area contributed by atoms with Crippen LogP contribution in [0.2, 0.25) is 0 Å². The van der Waals surface area contributed by atoms with E-state index < -0.39 is 5.41 Å². The van der Waals surface area contributed by atoms with Gasteiger partial charge in [-0.2, -0.15) is 0 Å². The molecule has 2 atom stereocenters. The highest BCUT2D eigenvalue weighted by atomic mass is 16.5. The zero-order valence-corrected chi connectivity index (χ0v) is 8.99. The van der Waals surface area contributed by atoms with E-state index >= 15 is 0 Å². The number of carbonyl (C=O) groups excluding carboxylic acids is 2. The van der Waals surface area contributed by atoms with Crippen LogP contribution in [0.3, 0.4) is 0 Å². The minimum absolute atomic E-state index is 0.0445. The molecule has 0 N–H and O–H groups in total. The van der Waals surface area contributed by atoms with Crippen molar-refractivity contribution in [2.75, 3.05) is 6.61 Å². The number of rotatable bonds is 2. The van der Waals surface area contributed by atoms with Crippen molar-refractivity contribution in [1.82, 2.24) is 0 Å². The molecule has 0 aromatic carbocycles. The lowest BCUT2D eigenvalue weighted by Crippen LogP contribution is -2.37. The van der Waals surface area contributed by atoms with Gasteiger partial charge in [0.15, 0.2) is 5.78 Å². The van der Waals surface area contributed by atoms with Crippen LogP contribution in [-0.4, -0.2) is 18.4 Å². The van der Waals surface area contributed by atoms with E-state index in [1.54, 1.807) is 6.92 Å². The number of esters is 1. The molecule has 2 aliphatic rings. The van der Waals surface area contributed by atoms with Crippen LogP contribution in [0, 0.1) is 11.3 Å². The second kappa shape index (κ2) is 3.80. The molecule has 1 saturated carbocycles. The highest BCUT2D eigenvalue weighted by molar-refractivity contribution is 6.07. The Balaban J connectivity index is 2.27. The minimum atomic E-state index is -0.815. The number of hydrogen-bond acceptors (Lipinski definition) is 3. The highest BCUT2D eigenvalue weighted by Crippen LogP contribution is 2.45. The summed E-state index contributed by atoms with van der Waals surface area (Å²) in [7, 11) is 0. The molecule has 2 bridgehead atoms. The van der Waals surface area contributed by atoms with E-state index in [-0.39, 0.29) is 17.7 Å². The maximum absolute atomic E-state index is 12.1. The van der Waals surface area contributed by atoms with Crippen LogP contribution in [0.25, 0.3) is 0 Å². The minimum Gasteiger partial charge on any atom is -0.465 e. The summed E-state index contributed by atoms with van der Waals surface area (Å²) in [6.07, 6.45) is 6.87. The van der Waals surface area contributed by atoms with Crippen LogP contribution >= 0.6 is 0 Å². The zero-order chi connectivity index (χ0) is 10.9. The topological polar surface area (TPSA) is 43.4 Å². The first kappa shape index (κ1) is 10.4. The monoisotopic (exact) mass is 208 g/mol. The smallest absolute Gasteiger partial charge is 0.319 e. The fourth-order valence-corrected chi connectivity index (χ4v) is 2.61. The van der Waals surface area contributed by atoms with Gasteiger partial charge in [0.05, 0.1) is 6.61 Å². The molecule has 0 amide bonds. The molecule has 15 heavy (non-hydrogen) atoms. The van der Waals surface area contributed by atoms with Gasteiger partial charge in [-0.15, -0.1) is 0 Å². The van der Waals surface area contributed by atoms with Crippen molar-refractivity contribution >= 4 is 11.8 Å². The molecular weight excluding hydrogens is 192 g/mol. The molecule has 0 aliphatic heterocycles. The molecule has 82 valence electrons. The van der Waals surface area contributed by atoms with Gasteiger partial charge in [-0.3, -0.25) is 9.59 Å². The third-order valence-electron chi connectivity index (χ3n) is 3.46. The predicted octanol–water partition coefficient (Wildman–Crippen LogP) is 1.86. The Labute approximate surface area is 89.5 Å². The molecule has 0 spiro atoms. The molecule has 1 fully saturated rings. The Bertz CT molecular complexity index is 319. The summed E-state index contributed by atoms with van der Waals surface area (Å²) in [4.78, 5) is 24.0. The normalized spacial score (nSPS) is 33.9. The van der Waals surface area contributed by atoms with Gasteiger partial charge < -0.3 is 4.74 Å². The van der Waals surface area contributed by atoms with Crippen molar-refractivity contribution < 1.29 is 14.3 Å². The van der Waals surface area contributed by atoms with Gasteiger partial charge in [0.2, 0.25) is 0 Å². The number of allylic oxidation sites excluding steroid dienone is 2. The molecule has 0 heterocycles. The fraction of sp³-hybridized carbons (Fsp3) is 0.667. The third-order valence-corrected chi connectivity index (χ3v) is 3.46. The Morgan fingerprint density at radius 1 is 1.60 bits per heavy atom. The zero-order valence-electron chi connectivity index (χ0n) is 8.99. The van der Waals surface area contributed by atoms with E-state index in [2.05, 4.69) is 0 Å². The quantitative estimate of drug-likeness (QED) is 0.395. The lowest BCUT2D eigenvalue weighted by Gasteiger charge is -2.23. The predicted molar refractivity (Wildman–Crippen MR) is 55.2 cm³/mol. The van der Waals surface area contributed by atoms with E-state index in [0.29, 0.717) is 19.4 Å². The summed E-state index contributed by atoms with van der Waals surface area (Å²) in [5, 5.41) is 0. The van der Waals surface area contributed by atoms with Gasteiger partial charge in [-0.05, 0) is 32.6 Å². The molecule has 0 radical (unpaired) electrons. The average molecular weight is 208 g/mol. The summed E-state index contributed by atoms with van der Waals surface area (Å²) >= 11 is 0. The van der Waals surface area contributed by atoms with Gasteiger partial charge in [0.1, 0.15) is 5.41 Å². The molecule has 2 rings (SSSR count). The Kier molecular flexibility index (Phi) is 2.63. The summed E-state index contributed by atoms with van der Waals surface area (Å²) in [5.41, 5.74) is -0.815. The Hall–Kier alpha value is -1.12. The molecule has 2 aliphatic carbocycles. The Morgan fingerprint density at radius 2 is 2.40 bits per heavy atom. The van der Waals surface area contributed by atoms with Crippen LogP contribution in [0.4, 0.5) is 0 Å². The second-order valence-corrected chi connectivity index (χ2v) is 4.28. The van der Waals surface area contributed by atoms with Crippen molar-refractivity contribution in [1.29, 1.82) is 0 Å². The van der Waals surface area contributed by atoms with Gasteiger partial charge in [0, 0.05) is 5.92 Å². The van der Waals surface area contributed by atoms with Crippen LogP contribution < -0.4 is 0 Å². The van der Waals surface area contributed by atoms with E-state index in [1.165, 1.54) is 0 Å². The maximum Gasteiger partial charge on any atom is 0.319 e. The SMILES string of the molecule is CCOC(=O)[C@@]12CCC=C[C@@H](CC1)C2=O. The Morgan fingerprint density at radius 3 is 3.13 bits per heavy atom. The second-order valence-electron chi connectivity index (χ2n) is 4.28. The first-order valence-corrected chi connectivity index (χ1v) is 5.59. The fourth-order valence-electron chi connectivity index (χ4n) is 2.61. The van der Waals surface area contributed by atoms with E-state index in [4.69, 9.17) is 4.74 Å². The number of ketones is 1. The molecule has 3 nitrogen and oxygen atoms in total. The van der Waals surface area contributed by atoms with Crippen molar-refractivity contribution in [3.8, 4) is 0 Å². The number of Topliss-reactive ketones (excluding diaryl/α,β-unsaturated/α-hetero) is 1. The summed E-state index contributed by atoms with van der Waals surface area (Å²) in [6, 6.07) is 0. The summed E-state index contributed by atoms with van der Waals surface area (Å²) < 4.78 is 5.04. The van der Waals surface area contributed by atoms with Gasteiger partial charge in [0.25, 0.3) is 0 Å². The van der Waals surface area contributed by atoms with Crippen LogP contribution in [-0.2, 0) is 14.3 Å². The molecule has 0 saturated heterocycles. The molecule has 0 unspecified atom stereocenters. The highest BCUT2D eigenvalue weighted by Gasteiger charge is 2.53. The molecule has 0 aromatic heterocycles. The van der Waals surface area contributed by atoms with E-state index in [1.807, 2.05) is 12.2 Å². The third kappa shape index (κ3) is 1.50. The van der Waals surface area contributed by atoms with Crippen LogP contribution in [0.5, 0.6) is 0 Å². The van der Waals surface area contributed by atoms with Crippen molar-refractivity contribution in [2.24, 2.45) is 11.3 Å². The van der Waals surface area contributed by atoms with Gasteiger partial charge in [-0.1, -0.05) is 12.2 Å². The number of carbonyl (C=O) groups is 2. The lowest BCUT2D eigenvalue weighted by molar-refractivity contribution is -0.159. The van der Waals surface area contributed by atoms with Crippen molar-refractivity contribution in [3.05, 3.63) is 12.2 Å². The van der Waals surface area contributed by atoms with Crippen molar-refractivity contribution in [2.45, 2.75) is 32.6 Å². The first-order chi connectivity index (χ1) is 7.20. The molecular formula is C12H16O3. The first-order valence-electron chi connectivity index (χ1n) is 5.59. The number of ether oxygens (including phenoxy) is 1. The summed E-state index contributed by atoms with van der Waals surface area (Å²) in [5.74, 6) is -0.271. The lowest BCUT2D eigenvalue weighted by atomic mass is 9.81. The van der Waals surface area contributed by atoms with Crippen LogP contribution in [0.1, 0.15) is 32.6 Å². The number of hydrogen-bond donors (Lipinski definition) is 0. The average Bonchev–Trinajstić information content (AvgIpc) is 2.38. The van der Waals surface area contributed by atoms with Crippen molar-refractivity contribution in [3.63, 3.8) is 0 Å². The van der Waals surface area contributed by atoms with E-state index in [9.17, 15) is 9.59 Å². The van der Waals surface area contributed by atoms with Gasteiger partial charge in [-0.25, -0.2) is 0 Å². The van der Waals surface area contributed by atoms with E-state index in [0.717, 1.165) is 12.8 Å². The standard InChI is InChI=1S/C12H16O3/c1-2-15-11(14)12-7-4-3-5-9(6-8-12)10(12)13/h3,5,9H,2,4,6-8H2,1H3/t9-,12-/m0/s1. The summed E-state index contributed by atoms with van der Waals surface area (Å²) in [6.45, 7) is 2.13. The molecule has 3 heteroatoms. The largest absolute Gasteiger partial charge is 0.465 e. The van der Waals surface area contributed by atoms with Crippen LogP contribution in [0.15, 0.2) is 12.2 Å². The van der Waals surface area contributed by atoms with Gasteiger partial charge >= 0.3 is 5.97 Å².